The van der Waals surface area contributed by atoms with Crippen LogP contribution in [-0.2, 0) is 9.47 Å². The minimum atomic E-state index is -0.682. The standard InChI is InChI=1S/C22H30O5/c1-13(2)18-17(26-21(25)15-7-9-16(23)10-8-15)12-14(3)6-5-11-22(4)20(27-22)19(18)24/h6-10,13,17-20,23-24H,5,11-12H2,1-4H3/t17-,18-,19-,20-,22-/m1/s1. The minimum Gasteiger partial charge on any atom is -0.508 e. The maximum atomic E-state index is 12.7. The molecule has 0 amide bonds. The number of fused-ring (bicyclic) bond motifs is 1. The number of aromatic hydroxyl groups is 1. The smallest absolute Gasteiger partial charge is 0.338 e. The first kappa shape index (κ1) is 19.9. The van der Waals surface area contributed by atoms with E-state index in [9.17, 15) is 15.0 Å². The van der Waals surface area contributed by atoms with Gasteiger partial charge in [0.2, 0.25) is 0 Å². The third kappa shape index (κ3) is 4.36. The molecule has 1 aromatic rings. The molecule has 0 bridgehead atoms. The molecule has 5 heteroatoms. The summed E-state index contributed by atoms with van der Waals surface area (Å²) in [4.78, 5) is 12.7. The van der Waals surface area contributed by atoms with Crippen molar-refractivity contribution in [1.82, 2.24) is 0 Å². The number of allylic oxidation sites excluding steroid dienone is 1. The summed E-state index contributed by atoms with van der Waals surface area (Å²) in [5.74, 6) is -0.440. The lowest BCUT2D eigenvalue weighted by Crippen LogP contribution is -2.43. The van der Waals surface area contributed by atoms with Crippen molar-refractivity contribution in [3.63, 3.8) is 0 Å². The van der Waals surface area contributed by atoms with Gasteiger partial charge < -0.3 is 19.7 Å². The van der Waals surface area contributed by atoms with Crippen molar-refractivity contribution in [2.75, 3.05) is 0 Å². The van der Waals surface area contributed by atoms with Gasteiger partial charge in [0.1, 0.15) is 18.0 Å². The number of epoxide rings is 1. The van der Waals surface area contributed by atoms with E-state index in [1.165, 1.54) is 12.1 Å². The Morgan fingerprint density at radius 3 is 2.59 bits per heavy atom. The van der Waals surface area contributed by atoms with Gasteiger partial charge in [0.05, 0.1) is 17.3 Å². The van der Waals surface area contributed by atoms with E-state index >= 15 is 0 Å². The zero-order valence-electron chi connectivity index (χ0n) is 16.5. The number of ether oxygens (including phenoxy) is 2. The van der Waals surface area contributed by atoms with Gasteiger partial charge in [0.15, 0.2) is 0 Å². The predicted octanol–water partition coefficient (Wildman–Crippen LogP) is 3.84. The van der Waals surface area contributed by atoms with Crippen LogP contribution in [0.2, 0.25) is 0 Å². The van der Waals surface area contributed by atoms with Crippen LogP contribution in [0.5, 0.6) is 5.75 Å². The molecule has 1 heterocycles. The fourth-order valence-electron chi connectivity index (χ4n) is 4.20. The van der Waals surface area contributed by atoms with Crippen molar-refractivity contribution in [1.29, 1.82) is 0 Å². The lowest BCUT2D eigenvalue weighted by Gasteiger charge is -2.34. The fourth-order valence-corrected chi connectivity index (χ4v) is 4.20. The minimum absolute atomic E-state index is 0.102. The number of esters is 1. The van der Waals surface area contributed by atoms with Gasteiger partial charge in [-0.15, -0.1) is 0 Å². The van der Waals surface area contributed by atoms with Crippen molar-refractivity contribution in [3.05, 3.63) is 41.5 Å². The average molecular weight is 374 g/mol. The molecule has 0 saturated carbocycles. The molecule has 5 nitrogen and oxygen atoms in total. The summed E-state index contributed by atoms with van der Waals surface area (Å²) in [6.07, 6.45) is 3.20. The maximum absolute atomic E-state index is 12.7. The Kier molecular flexibility index (Phi) is 5.63. The summed E-state index contributed by atoms with van der Waals surface area (Å²) >= 11 is 0. The molecule has 148 valence electrons. The molecule has 2 aliphatic rings. The second kappa shape index (κ2) is 7.64. The van der Waals surface area contributed by atoms with Crippen molar-refractivity contribution >= 4 is 5.97 Å². The topological polar surface area (TPSA) is 79.3 Å². The van der Waals surface area contributed by atoms with E-state index in [1.54, 1.807) is 12.1 Å². The summed E-state index contributed by atoms with van der Waals surface area (Å²) in [6.45, 7) is 8.17. The fraction of sp³-hybridized carbons (Fsp3) is 0.591. The number of benzene rings is 1. The van der Waals surface area contributed by atoms with Crippen LogP contribution in [0.1, 0.15) is 57.3 Å². The Morgan fingerprint density at radius 1 is 1.30 bits per heavy atom. The first-order valence-corrected chi connectivity index (χ1v) is 9.73. The van der Waals surface area contributed by atoms with Crippen molar-refractivity contribution < 1.29 is 24.5 Å². The molecule has 1 fully saturated rings. The van der Waals surface area contributed by atoms with Gasteiger partial charge in [0, 0.05) is 12.3 Å². The van der Waals surface area contributed by atoms with Gasteiger partial charge in [-0.25, -0.2) is 4.79 Å². The Labute approximate surface area is 161 Å². The van der Waals surface area contributed by atoms with E-state index in [0.717, 1.165) is 18.4 Å². The zero-order valence-corrected chi connectivity index (χ0v) is 16.5. The lowest BCUT2D eigenvalue weighted by atomic mass is 9.78. The first-order chi connectivity index (χ1) is 12.7. The van der Waals surface area contributed by atoms with E-state index in [0.29, 0.717) is 12.0 Å². The Bertz CT molecular complexity index is 708. The van der Waals surface area contributed by atoms with Gasteiger partial charge in [-0.3, -0.25) is 0 Å². The normalized spacial score (nSPS) is 33.8. The molecule has 1 saturated heterocycles. The van der Waals surface area contributed by atoms with Crippen LogP contribution >= 0.6 is 0 Å². The van der Waals surface area contributed by atoms with E-state index in [4.69, 9.17) is 9.47 Å². The summed E-state index contributed by atoms with van der Waals surface area (Å²) < 4.78 is 11.8. The molecule has 1 aliphatic carbocycles. The van der Waals surface area contributed by atoms with Crippen LogP contribution in [0.4, 0.5) is 0 Å². The Balaban J connectivity index is 1.86. The predicted molar refractivity (Wildman–Crippen MR) is 103 cm³/mol. The quantitative estimate of drug-likeness (QED) is 0.477. The molecule has 0 radical (unpaired) electrons. The highest BCUT2D eigenvalue weighted by Gasteiger charge is 2.58. The largest absolute Gasteiger partial charge is 0.508 e. The highest BCUT2D eigenvalue weighted by Crippen LogP contribution is 2.47. The highest BCUT2D eigenvalue weighted by atomic mass is 16.6. The van der Waals surface area contributed by atoms with Crippen LogP contribution in [0, 0.1) is 11.8 Å². The number of carbonyl (C=O) groups excluding carboxylic acids is 1. The van der Waals surface area contributed by atoms with Crippen LogP contribution in [0.15, 0.2) is 35.9 Å². The van der Waals surface area contributed by atoms with Crippen molar-refractivity contribution in [3.8, 4) is 5.75 Å². The highest BCUT2D eigenvalue weighted by molar-refractivity contribution is 5.89. The van der Waals surface area contributed by atoms with Crippen LogP contribution in [0.3, 0.4) is 0 Å². The number of hydrogen-bond donors (Lipinski definition) is 2. The third-order valence-electron chi connectivity index (χ3n) is 5.86. The van der Waals surface area contributed by atoms with E-state index < -0.39 is 18.2 Å². The van der Waals surface area contributed by atoms with Crippen LogP contribution in [-0.4, -0.2) is 40.1 Å². The molecule has 1 aromatic carbocycles. The van der Waals surface area contributed by atoms with Crippen molar-refractivity contribution in [2.24, 2.45) is 11.8 Å². The molecule has 2 N–H and O–H groups in total. The number of carbonyl (C=O) groups is 1. The average Bonchev–Trinajstić information content (AvgIpc) is 3.26. The zero-order chi connectivity index (χ0) is 19.8. The molecular formula is C22H30O5. The first-order valence-electron chi connectivity index (χ1n) is 9.73. The third-order valence-corrected chi connectivity index (χ3v) is 5.86. The van der Waals surface area contributed by atoms with E-state index in [2.05, 4.69) is 6.08 Å². The molecule has 0 aromatic heterocycles. The van der Waals surface area contributed by atoms with Gasteiger partial charge in [-0.1, -0.05) is 25.5 Å². The summed E-state index contributed by atoms with van der Waals surface area (Å²) in [5, 5.41) is 20.5. The van der Waals surface area contributed by atoms with E-state index in [1.807, 2.05) is 27.7 Å². The SMILES string of the molecule is CC1=CCC[C@@]2(C)O[C@@H]2[C@H](O)[C@H](C(C)C)[C@H](OC(=O)c2ccc(O)cc2)C1. The van der Waals surface area contributed by atoms with Crippen LogP contribution < -0.4 is 0 Å². The Hall–Kier alpha value is -1.85. The molecule has 27 heavy (non-hydrogen) atoms. The number of aliphatic hydroxyl groups is 1. The maximum Gasteiger partial charge on any atom is 0.338 e. The number of phenols is 1. The van der Waals surface area contributed by atoms with Crippen molar-refractivity contribution in [2.45, 2.75) is 70.9 Å². The van der Waals surface area contributed by atoms with Gasteiger partial charge in [-0.2, -0.15) is 0 Å². The summed E-state index contributed by atoms with van der Waals surface area (Å²) in [5.41, 5.74) is 1.24. The molecule has 5 atom stereocenters. The molecule has 3 rings (SSSR count). The second-order valence-electron chi connectivity index (χ2n) is 8.45. The number of rotatable bonds is 3. The van der Waals surface area contributed by atoms with Gasteiger partial charge in [-0.05, 0) is 56.9 Å². The number of aliphatic hydroxyl groups excluding tert-OH is 1. The Morgan fingerprint density at radius 2 is 1.96 bits per heavy atom. The molecular weight excluding hydrogens is 344 g/mol. The lowest BCUT2D eigenvalue weighted by molar-refractivity contribution is -0.0419. The molecule has 1 aliphatic heterocycles. The van der Waals surface area contributed by atoms with Crippen LogP contribution in [0.25, 0.3) is 0 Å². The molecule has 0 spiro atoms. The van der Waals surface area contributed by atoms with E-state index in [-0.39, 0.29) is 29.3 Å². The van der Waals surface area contributed by atoms with Gasteiger partial charge in [0.25, 0.3) is 0 Å². The summed E-state index contributed by atoms with van der Waals surface area (Å²) in [7, 11) is 0. The van der Waals surface area contributed by atoms with Gasteiger partial charge >= 0.3 is 5.97 Å². The number of hydrogen-bond acceptors (Lipinski definition) is 5. The monoisotopic (exact) mass is 374 g/mol. The summed E-state index contributed by atoms with van der Waals surface area (Å²) in [6, 6.07) is 6.02. The second-order valence-corrected chi connectivity index (χ2v) is 8.45. The molecule has 0 unspecified atom stereocenters. The number of phenolic OH excluding ortho intramolecular Hbond substituents is 1.